The Labute approximate surface area is 124 Å². The number of nitro groups is 1. The van der Waals surface area contributed by atoms with E-state index in [9.17, 15) is 10.1 Å². The van der Waals surface area contributed by atoms with E-state index in [4.69, 9.17) is 11.6 Å². The van der Waals surface area contributed by atoms with Gasteiger partial charge in [0.25, 0.3) is 5.69 Å². The van der Waals surface area contributed by atoms with Crippen LogP contribution in [0.3, 0.4) is 0 Å². The minimum atomic E-state index is -0.379. The van der Waals surface area contributed by atoms with Gasteiger partial charge in [-0.05, 0) is 30.2 Å². The Kier molecular flexibility index (Phi) is 4.53. The summed E-state index contributed by atoms with van der Waals surface area (Å²) in [5.74, 6) is 1.24. The van der Waals surface area contributed by atoms with Gasteiger partial charge in [-0.25, -0.2) is 0 Å². The first kappa shape index (κ1) is 15.1. The van der Waals surface area contributed by atoms with Crippen molar-refractivity contribution in [2.45, 2.75) is 33.6 Å². The van der Waals surface area contributed by atoms with Crippen molar-refractivity contribution in [2.75, 3.05) is 18.0 Å². The van der Waals surface area contributed by atoms with Gasteiger partial charge in [-0.15, -0.1) is 0 Å². The van der Waals surface area contributed by atoms with Crippen LogP contribution in [0.5, 0.6) is 0 Å². The molecule has 1 aliphatic heterocycles. The van der Waals surface area contributed by atoms with Crippen molar-refractivity contribution in [3.8, 4) is 0 Å². The SMILES string of the molecule is CCc1cc([N+](=O)[O-])cc(Cl)c1N1C[C@@H](C)C[C@H](C)C1. The fourth-order valence-corrected chi connectivity index (χ4v) is 3.57. The monoisotopic (exact) mass is 296 g/mol. The predicted molar refractivity (Wildman–Crippen MR) is 82.6 cm³/mol. The number of nitrogens with zero attached hydrogens (tertiary/aromatic N) is 2. The summed E-state index contributed by atoms with van der Waals surface area (Å²) in [5.41, 5.74) is 2.03. The number of benzene rings is 1. The van der Waals surface area contributed by atoms with Crippen LogP contribution in [0.1, 0.15) is 32.8 Å². The summed E-state index contributed by atoms with van der Waals surface area (Å²) >= 11 is 6.34. The molecule has 1 aliphatic rings. The lowest BCUT2D eigenvalue weighted by Gasteiger charge is -2.38. The van der Waals surface area contributed by atoms with E-state index < -0.39 is 0 Å². The van der Waals surface area contributed by atoms with Crippen LogP contribution in [-0.4, -0.2) is 18.0 Å². The molecule has 1 aromatic carbocycles. The van der Waals surface area contributed by atoms with Gasteiger partial charge in [0.05, 0.1) is 15.6 Å². The minimum absolute atomic E-state index is 0.0775. The van der Waals surface area contributed by atoms with E-state index in [0.29, 0.717) is 16.9 Å². The lowest BCUT2D eigenvalue weighted by molar-refractivity contribution is -0.384. The number of hydrogen-bond acceptors (Lipinski definition) is 3. The number of aryl methyl sites for hydroxylation is 1. The van der Waals surface area contributed by atoms with Crippen molar-refractivity contribution < 1.29 is 4.92 Å². The van der Waals surface area contributed by atoms with Crippen molar-refractivity contribution in [1.82, 2.24) is 0 Å². The van der Waals surface area contributed by atoms with Gasteiger partial charge in [-0.3, -0.25) is 10.1 Å². The molecule has 110 valence electrons. The summed E-state index contributed by atoms with van der Waals surface area (Å²) in [6.07, 6.45) is 1.97. The Morgan fingerprint density at radius 1 is 1.35 bits per heavy atom. The molecule has 2 rings (SSSR count). The Balaban J connectivity index is 2.42. The Hall–Kier alpha value is -1.29. The van der Waals surface area contributed by atoms with Crippen LogP contribution in [-0.2, 0) is 6.42 Å². The fourth-order valence-electron chi connectivity index (χ4n) is 3.21. The van der Waals surface area contributed by atoms with Gasteiger partial charge in [0.15, 0.2) is 0 Å². The highest BCUT2D eigenvalue weighted by Gasteiger charge is 2.26. The molecule has 1 fully saturated rings. The number of non-ortho nitro benzene ring substituents is 1. The van der Waals surface area contributed by atoms with Crippen molar-refractivity contribution >= 4 is 23.0 Å². The summed E-state index contributed by atoms with van der Waals surface area (Å²) in [6.45, 7) is 8.43. The second-order valence-corrected chi connectivity index (χ2v) is 6.30. The largest absolute Gasteiger partial charge is 0.370 e. The Morgan fingerprint density at radius 2 is 1.95 bits per heavy atom. The van der Waals surface area contributed by atoms with Gasteiger partial charge in [0.2, 0.25) is 0 Å². The van der Waals surface area contributed by atoms with E-state index >= 15 is 0 Å². The molecule has 0 radical (unpaired) electrons. The predicted octanol–water partition coefficient (Wildman–Crippen LogP) is 4.29. The second-order valence-electron chi connectivity index (χ2n) is 5.90. The van der Waals surface area contributed by atoms with Crippen molar-refractivity contribution in [2.24, 2.45) is 11.8 Å². The molecule has 0 N–H and O–H groups in total. The maximum Gasteiger partial charge on any atom is 0.271 e. The molecule has 0 saturated carbocycles. The third-order valence-corrected chi connectivity index (χ3v) is 4.19. The average molecular weight is 297 g/mol. The lowest BCUT2D eigenvalue weighted by atomic mass is 9.91. The molecule has 1 aromatic rings. The lowest BCUT2D eigenvalue weighted by Crippen LogP contribution is -2.39. The molecule has 2 atom stereocenters. The third kappa shape index (κ3) is 3.06. The molecule has 20 heavy (non-hydrogen) atoms. The first-order valence-corrected chi connectivity index (χ1v) is 7.51. The van der Waals surface area contributed by atoms with Crippen LogP contribution in [0.15, 0.2) is 12.1 Å². The third-order valence-electron chi connectivity index (χ3n) is 3.90. The highest BCUT2D eigenvalue weighted by molar-refractivity contribution is 6.33. The molecule has 0 aromatic heterocycles. The molecule has 0 amide bonds. The van der Waals surface area contributed by atoms with Crippen LogP contribution in [0.25, 0.3) is 0 Å². The highest BCUT2D eigenvalue weighted by Crippen LogP contribution is 2.37. The van der Waals surface area contributed by atoms with Crippen LogP contribution >= 0.6 is 11.6 Å². The van der Waals surface area contributed by atoms with Crippen LogP contribution in [0, 0.1) is 22.0 Å². The number of hydrogen-bond donors (Lipinski definition) is 0. The summed E-state index contributed by atoms with van der Waals surface area (Å²) in [6, 6.07) is 3.13. The van der Waals surface area contributed by atoms with E-state index in [2.05, 4.69) is 18.7 Å². The van der Waals surface area contributed by atoms with Gasteiger partial charge in [-0.2, -0.15) is 0 Å². The maximum atomic E-state index is 10.9. The van der Waals surface area contributed by atoms with Crippen LogP contribution < -0.4 is 4.90 Å². The number of halogens is 1. The molecule has 1 heterocycles. The second kappa shape index (κ2) is 6.00. The highest BCUT2D eigenvalue weighted by atomic mass is 35.5. The fraction of sp³-hybridized carbons (Fsp3) is 0.600. The van der Waals surface area contributed by atoms with Gasteiger partial charge >= 0.3 is 0 Å². The van der Waals surface area contributed by atoms with Crippen molar-refractivity contribution in [1.29, 1.82) is 0 Å². The first-order chi connectivity index (χ1) is 9.42. The van der Waals surface area contributed by atoms with Gasteiger partial charge in [0, 0.05) is 25.2 Å². The van der Waals surface area contributed by atoms with E-state index in [1.165, 1.54) is 12.5 Å². The van der Waals surface area contributed by atoms with Crippen molar-refractivity contribution in [3.05, 3.63) is 32.8 Å². The quantitative estimate of drug-likeness (QED) is 0.617. The van der Waals surface area contributed by atoms with Crippen molar-refractivity contribution in [3.63, 3.8) is 0 Å². The zero-order valence-corrected chi connectivity index (χ0v) is 13.0. The van der Waals surface area contributed by atoms with Gasteiger partial charge in [0.1, 0.15) is 0 Å². The molecular formula is C15H21ClN2O2. The Morgan fingerprint density at radius 3 is 2.45 bits per heavy atom. The van der Waals surface area contributed by atoms with E-state index in [1.807, 2.05) is 6.92 Å². The first-order valence-electron chi connectivity index (χ1n) is 7.14. The summed E-state index contributed by atoms with van der Waals surface area (Å²) < 4.78 is 0. The number of piperidine rings is 1. The molecule has 0 spiro atoms. The van der Waals surface area contributed by atoms with E-state index in [1.54, 1.807) is 6.07 Å². The van der Waals surface area contributed by atoms with Crippen LogP contribution in [0.2, 0.25) is 5.02 Å². The molecule has 1 saturated heterocycles. The summed E-state index contributed by atoms with van der Waals surface area (Å²) in [7, 11) is 0. The molecular weight excluding hydrogens is 276 g/mol. The normalized spacial score (nSPS) is 22.9. The molecule has 0 unspecified atom stereocenters. The maximum absolute atomic E-state index is 10.9. The summed E-state index contributed by atoms with van der Waals surface area (Å²) in [5, 5.41) is 11.4. The molecule has 0 aliphatic carbocycles. The van der Waals surface area contributed by atoms with Gasteiger partial charge < -0.3 is 4.90 Å². The topological polar surface area (TPSA) is 46.4 Å². The number of rotatable bonds is 3. The Bertz CT molecular complexity index is 509. The van der Waals surface area contributed by atoms with E-state index in [0.717, 1.165) is 30.8 Å². The molecule has 4 nitrogen and oxygen atoms in total. The zero-order chi connectivity index (χ0) is 14.9. The molecule has 5 heteroatoms. The molecule has 0 bridgehead atoms. The van der Waals surface area contributed by atoms with Crippen LogP contribution in [0.4, 0.5) is 11.4 Å². The van der Waals surface area contributed by atoms with Gasteiger partial charge in [-0.1, -0.05) is 32.4 Å². The number of anilines is 1. The average Bonchev–Trinajstić information content (AvgIpc) is 2.36. The smallest absolute Gasteiger partial charge is 0.271 e. The standard InChI is InChI=1S/C15H21ClN2O2/c1-4-12-6-13(18(19)20)7-14(16)15(12)17-8-10(2)5-11(3)9-17/h6-7,10-11H,4-5,8-9H2,1-3H3/t10-,11-/m0/s1. The zero-order valence-electron chi connectivity index (χ0n) is 12.2. The number of nitro benzene ring substituents is 1. The van der Waals surface area contributed by atoms with E-state index in [-0.39, 0.29) is 10.6 Å². The minimum Gasteiger partial charge on any atom is -0.370 e. The summed E-state index contributed by atoms with van der Waals surface area (Å²) in [4.78, 5) is 12.9.